The van der Waals surface area contributed by atoms with Crippen molar-refractivity contribution in [2.75, 3.05) is 24.3 Å². The van der Waals surface area contributed by atoms with E-state index in [1.807, 2.05) is 0 Å². The molecule has 0 radical (unpaired) electrons. The van der Waals surface area contributed by atoms with Crippen molar-refractivity contribution in [3.63, 3.8) is 0 Å². The fourth-order valence-corrected chi connectivity index (χ4v) is 5.50. The van der Waals surface area contributed by atoms with Crippen molar-refractivity contribution in [3.8, 4) is 0 Å². The first-order valence-corrected chi connectivity index (χ1v) is 12.6. The standard InChI is InChI=1S/C24H35N5OS/c1-29(2)23-20-9-3-4-10-21(20)27-24(28-23)26-18-14-12-17(13-15-18)25-22(30)11-5-7-19-8-6-16-31-19/h6,8,16-18H,3-5,7,9-15H2,1-2H3,(H,25,30)(H,26,27,28). The zero-order valence-electron chi connectivity index (χ0n) is 18.8. The molecule has 2 N–H and O–H groups in total. The van der Waals surface area contributed by atoms with Crippen molar-refractivity contribution in [1.29, 1.82) is 0 Å². The second-order valence-electron chi connectivity index (χ2n) is 9.09. The molecule has 1 saturated carbocycles. The van der Waals surface area contributed by atoms with E-state index in [-0.39, 0.29) is 5.91 Å². The molecule has 2 heterocycles. The van der Waals surface area contributed by atoms with Crippen LogP contribution in [0.5, 0.6) is 0 Å². The number of carbonyl (C=O) groups excluding carboxylic acids is 1. The number of aryl methyl sites for hydroxylation is 2. The zero-order chi connectivity index (χ0) is 21.6. The molecule has 1 amide bonds. The normalized spacial score (nSPS) is 20.7. The highest BCUT2D eigenvalue weighted by atomic mass is 32.1. The van der Waals surface area contributed by atoms with Gasteiger partial charge in [0.2, 0.25) is 11.9 Å². The zero-order valence-corrected chi connectivity index (χ0v) is 19.6. The highest BCUT2D eigenvalue weighted by molar-refractivity contribution is 7.09. The molecule has 0 spiro atoms. The number of carbonyl (C=O) groups is 1. The molecule has 31 heavy (non-hydrogen) atoms. The van der Waals surface area contributed by atoms with Crippen molar-refractivity contribution in [2.24, 2.45) is 0 Å². The van der Waals surface area contributed by atoms with Crippen molar-refractivity contribution in [3.05, 3.63) is 33.6 Å². The maximum Gasteiger partial charge on any atom is 0.225 e. The largest absolute Gasteiger partial charge is 0.362 e. The molecule has 4 rings (SSSR count). The van der Waals surface area contributed by atoms with Gasteiger partial charge in [-0.3, -0.25) is 4.79 Å². The van der Waals surface area contributed by atoms with E-state index in [1.54, 1.807) is 11.3 Å². The average Bonchev–Trinajstić information content (AvgIpc) is 3.28. The van der Waals surface area contributed by atoms with E-state index >= 15 is 0 Å². The molecule has 1 fully saturated rings. The van der Waals surface area contributed by atoms with Crippen LogP contribution in [0.1, 0.15) is 67.5 Å². The second kappa shape index (κ2) is 10.4. The van der Waals surface area contributed by atoms with Gasteiger partial charge in [0.15, 0.2) is 0 Å². The predicted molar refractivity (Wildman–Crippen MR) is 128 cm³/mol. The molecule has 7 heteroatoms. The van der Waals surface area contributed by atoms with E-state index < -0.39 is 0 Å². The molecule has 0 atom stereocenters. The summed E-state index contributed by atoms with van der Waals surface area (Å²) in [6.45, 7) is 0. The van der Waals surface area contributed by atoms with Gasteiger partial charge in [-0.1, -0.05) is 6.07 Å². The molecule has 2 aromatic heterocycles. The SMILES string of the molecule is CN(C)c1nc(NC2CCC(NC(=O)CCCc3cccs3)CC2)nc2c1CCCC2. The Balaban J connectivity index is 1.24. The molecule has 168 valence electrons. The summed E-state index contributed by atoms with van der Waals surface area (Å²) in [5, 5.41) is 8.93. The number of nitrogens with one attached hydrogen (secondary N) is 2. The summed E-state index contributed by atoms with van der Waals surface area (Å²) in [5.74, 6) is 2.03. The third-order valence-corrected chi connectivity index (χ3v) is 7.35. The molecule has 2 aliphatic carbocycles. The first-order chi connectivity index (χ1) is 15.1. The first-order valence-electron chi connectivity index (χ1n) is 11.7. The van der Waals surface area contributed by atoms with Gasteiger partial charge in [-0.25, -0.2) is 4.98 Å². The number of anilines is 2. The topological polar surface area (TPSA) is 70.2 Å². The fourth-order valence-electron chi connectivity index (χ4n) is 4.75. The van der Waals surface area contributed by atoms with Crippen molar-refractivity contribution in [2.45, 2.75) is 82.7 Å². The number of hydrogen-bond donors (Lipinski definition) is 2. The van der Waals surface area contributed by atoms with E-state index in [2.05, 4.69) is 47.1 Å². The smallest absolute Gasteiger partial charge is 0.225 e. The van der Waals surface area contributed by atoms with Gasteiger partial charge in [-0.2, -0.15) is 4.98 Å². The number of hydrogen-bond acceptors (Lipinski definition) is 6. The van der Waals surface area contributed by atoms with Crippen LogP contribution < -0.4 is 15.5 Å². The summed E-state index contributed by atoms with van der Waals surface area (Å²) in [6, 6.07) is 4.89. The van der Waals surface area contributed by atoms with Crippen LogP contribution in [-0.4, -0.2) is 42.1 Å². The monoisotopic (exact) mass is 441 g/mol. The molecule has 0 aromatic carbocycles. The lowest BCUT2D eigenvalue weighted by molar-refractivity contribution is -0.122. The third kappa shape index (κ3) is 5.97. The molecule has 0 bridgehead atoms. The van der Waals surface area contributed by atoms with Gasteiger partial charge in [0.25, 0.3) is 0 Å². The Hall–Kier alpha value is -2.15. The van der Waals surface area contributed by atoms with E-state index in [4.69, 9.17) is 9.97 Å². The van der Waals surface area contributed by atoms with Crippen LogP contribution in [0.3, 0.4) is 0 Å². The highest BCUT2D eigenvalue weighted by Crippen LogP contribution is 2.29. The average molecular weight is 442 g/mol. The van der Waals surface area contributed by atoms with Gasteiger partial charge in [0.05, 0.1) is 5.69 Å². The molecule has 0 aliphatic heterocycles. The number of amides is 1. The second-order valence-corrected chi connectivity index (χ2v) is 10.1. The third-order valence-electron chi connectivity index (χ3n) is 6.42. The molecule has 0 saturated heterocycles. The Morgan fingerprint density at radius 2 is 1.90 bits per heavy atom. The molecule has 2 aromatic rings. The molecule has 0 unspecified atom stereocenters. The van der Waals surface area contributed by atoms with Gasteiger partial charge in [0, 0.05) is 43.0 Å². The summed E-state index contributed by atoms with van der Waals surface area (Å²) in [5.41, 5.74) is 2.54. The van der Waals surface area contributed by atoms with Gasteiger partial charge in [-0.15, -0.1) is 11.3 Å². The van der Waals surface area contributed by atoms with Crippen molar-refractivity contribution < 1.29 is 4.79 Å². The Morgan fingerprint density at radius 3 is 2.65 bits per heavy atom. The Kier molecular flexibility index (Phi) is 7.43. The molecule has 2 aliphatic rings. The molecular formula is C24H35N5OS. The van der Waals surface area contributed by atoms with Crippen LogP contribution in [0.15, 0.2) is 17.5 Å². The maximum atomic E-state index is 12.3. The summed E-state index contributed by atoms with van der Waals surface area (Å²) >= 11 is 1.77. The number of thiophene rings is 1. The number of nitrogens with zero attached hydrogens (tertiary/aromatic N) is 3. The van der Waals surface area contributed by atoms with Gasteiger partial charge in [0.1, 0.15) is 5.82 Å². The minimum Gasteiger partial charge on any atom is -0.362 e. The fraction of sp³-hybridized carbons (Fsp3) is 0.625. The number of rotatable bonds is 8. The quantitative estimate of drug-likeness (QED) is 0.637. The van der Waals surface area contributed by atoms with E-state index in [0.717, 1.165) is 63.1 Å². The van der Waals surface area contributed by atoms with Crippen LogP contribution in [-0.2, 0) is 24.1 Å². The van der Waals surface area contributed by atoms with Gasteiger partial charge >= 0.3 is 0 Å². The Bertz CT molecular complexity index is 859. The first kappa shape index (κ1) is 22.1. The minimum atomic E-state index is 0.196. The van der Waals surface area contributed by atoms with Crippen LogP contribution in [0.2, 0.25) is 0 Å². The van der Waals surface area contributed by atoms with Crippen LogP contribution in [0.25, 0.3) is 0 Å². The van der Waals surface area contributed by atoms with E-state index in [9.17, 15) is 4.79 Å². The van der Waals surface area contributed by atoms with Crippen molar-refractivity contribution >= 4 is 29.0 Å². The Labute approximate surface area is 189 Å². The summed E-state index contributed by atoms with van der Waals surface area (Å²) in [7, 11) is 4.13. The maximum absolute atomic E-state index is 12.3. The minimum absolute atomic E-state index is 0.196. The summed E-state index contributed by atoms with van der Waals surface area (Å²) in [6.07, 6.45) is 11.2. The highest BCUT2D eigenvalue weighted by Gasteiger charge is 2.24. The Morgan fingerprint density at radius 1 is 1.13 bits per heavy atom. The lowest BCUT2D eigenvalue weighted by atomic mass is 9.91. The van der Waals surface area contributed by atoms with Crippen LogP contribution >= 0.6 is 11.3 Å². The predicted octanol–water partition coefficient (Wildman–Crippen LogP) is 4.35. The van der Waals surface area contributed by atoms with E-state index in [0.29, 0.717) is 18.5 Å². The van der Waals surface area contributed by atoms with Crippen LogP contribution in [0, 0.1) is 0 Å². The van der Waals surface area contributed by atoms with Crippen LogP contribution in [0.4, 0.5) is 11.8 Å². The summed E-state index contributed by atoms with van der Waals surface area (Å²) < 4.78 is 0. The molecule has 6 nitrogen and oxygen atoms in total. The van der Waals surface area contributed by atoms with E-state index in [1.165, 1.54) is 29.0 Å². The lowest BCUT2D eigenvalue weighted by Crippen LogP contribution is -2.40. The number of aromatic nitrogens is 2. The van der Waals surface area contributed by atoms with Gasteiger partial charge in [-0.05, 0) is 75.7 Å². The van der Waals surface area contributed by atoms with Gasteiger partial charge < -0.3 is 15.5 Å². The lowest BCUT2D eigenvalue weighted by Gasteiger charge is -2.30. The summed E-state index contributed by atoms with van der Waals surface area (Å²) in [4.78, 5) is 25.5. The number of fused-ring (bicyclic) bond motifs is 1. The molecular weight excluding hydrogens is 406 g/mol. The van der Waals surface area contributed by atoms with Crippen molar-refractivity contribution in [1.82, 2.24) is 15.3 Å².